The van der Waals surface area contributed by atoms with Crippen molar-refractivity contribution in [3.8, 4) is 5.75 Å². The number of hydrogen-bond acceptors (Lipinski definition) is 4. The maximum atomic E-state index is 12.5. The number of rotatable bonds is 5. The number of nitrogens with one attached hydrogen (secondary N) is 2. The van der Waals surface area contributed by atoms with Crippen LogP contribution in [0, 0.1) is 0 Å². The van der Waals surface area contributed by atoms with E-state index in [0.29, 0.717) is 17.5 Å². The van der Waals surface area contributed by atoms with Gasteiger partial charge in [-0.2, -0.15) is 5.10 Å². The minimum absolute atomic E-state index is 0.181. The van der Waals surface area contributed by atoms with E-state index >= 15 is 0 Å². The molecule has 1 aromatic heterocycles. The maximum Gasteiger partial charge on any atom is 0.256 e. The summed E-state index contributed by atoms with van der Waals surface area (Å²) in [5, 5.41) is 11.0. The molecule has 0 spiro atoms. The van der Waals surface area contributed by atoms with Crippen LogP contribution in [0.2, 0.25) is 0 Å². The molecule has 0 bridgehead atoms. The highest BCUT2D eigenvalue weighted by Gasteiger charge is 2.17. The first kappa shape index (κ1) is 17.4. The summed E-state index contributed by atoms with van der Waals surface area (Å²) in [4.78, 5) is 14.5. The molecule has 6 nitrogen and oxygen atoms in total. The Morgan fingerprint density at radius 1 is 1.15 bits per heavy atom. The van der Waals surface area contributed by atoms with Crippen molar-refractivity contribution in [3.05, 3.63) is 48.0 Å². The molecule has 2 aromatic carbocycles. The van der Waals surface area contributed by atoms with Crippen LogP contribution in [0.1, 0.15) is 36.0 Å². The molecule has 6 heteroatoms. The Labute approximate surface area is 158 Å². The topological polar surface area (TPSA) is 70.2 Å². The SMILES string of the molecule is CN(C)c1ccc(C(=O)Nc2n[nH]c3cc(OC4CCCC4)ccc23)cc1. The van der Waals surface area contributed by atoms with Gasteiger partial charge in [-0.3, -0.25) is 9.89 Å². The molecule has 0 saturated heterocycles. The van der Waals surface area contributed by atoms with Crippen molar-refractivity contribution in [1.82, 2.24) is 10.2 Å². The van der Waals surface area contributed by atoms with E-state index < -0.39 is 0 Å². The third kappa shape index (κ3) is 3.74. The van der Waals surface area contributed by atoms with Gasteiger partial charge in [-0.1, -0.05) is 0 Å². The van der Waals surface area contributed by atoms with E-state index in [1.54, 1.807) is 0 Å². The Kier molecular flexibility index (Phi) is 4.71. The lowest BCUT2D eigenvalue weighted by atomic mass is 10.2. The predicted octanol–water partition coefficient (Wildman–Crippen LogP) is 4.20. The second kappa shape index (κ2) is 7.31. The van der Waals surface area contributed by atoms with Crippen molar-refractivity contribution in [3.63, 3.8) is 0 Å². The molecule has 1 aliphatic carbocycles. The van der Waals surface area contributed by atoms with Gasteiger partial charge in [0, 0.05) is 36.8 Å². The summed E-state index contributed by atoms with van der Waals surface area (Å²) in [6.45, 7) is 0. The summed E-state index contributed by atoms with van der Waals surface area (Å²) in [6.07, 6.45) is 5.03. The quantitative estimate of drug-likeness (QED) is 0.712. The predicted molar refractivity (Wildman–Crippen MR) is 108 cm³/mol. The van der Waals surface area contributed by atoms with Crippen LogP contribution >= 0.6 is 0 Å². The molecule has 1 saturated carbocycles. The fourth-order valence-corrected chi connectivity index (χ4v) is 3.46. The third-order valence-electron chi connectivity index (χ3n) is 5.02. The first-order chi connectivity index (χ1) is 13.1. The van der Waals surface area contributed by atoms with Crippen LogP contribution in [0.15, 0.2) is 42.5 Å². The molecule has 1 heterocycles. The number of H-pyrrole nitrogens is 1. The van der Waals surface area contributed by atoms with Crippen LogP contribution in [0.25, 0.3) is 10.9 Å². The van der Waals surface area contributed by atoms with Crippen molar-refractivity contribution in [1.29, 1.82) is 0 Å². The summed E-state index contributed by atoms with van der Waals surface area (Å²) in [5.41, 5.74) is 2.49. The van der Waals surface area contributed by atoms with Crippen LogP contribution < -0.4 is 15.0 Å². The number of nitrogens with zero attached hydrogens (tertiary/aromatic N) is 2. The Morgan fingerprint density at radius 3 is 2.59 bits per heavy atom. The molecular formula is C21H24N4O2. The second-order valence-corrected chi connectivity index (χ2v) is 7.20. The van der Waals surface area contributed by atoms with Crippen molar-refractivity contribution in [2.45, 2.75) is 31.8 Å². The van der Waals surface area contributed by atoms with Crippen LogP contribution in [-0.4, -0.2) is 36.3 Å². The molecule has 140 valence electrons. The number of ether oxygens (including phenoxy) is 1. The molecule has 0 unspecified atom stereocenters. The first-order valence-electron chi connectivity index (χ1n) is 9.34. The van der Waals surface area contributed by atoms with Crippen molar-refractivity contribution >= 4 is 28.3 Å². The van der Waals surface area contributed by atoms with E-state index in [-0.39, 0.29) is 5.91 Å². The highest BCUT2D eigenvalue weighted by molar-refractivity contribution is 6.08. The molecule has 3 aromatic rings. The van der Waals surface area contributed by atoms with Gasteiger partial charge in [0.15, 0.2) is 5.82 Å². The standard InChI is InChI=1S/C21H24N4O2/c1-25(2)15-9-7-14(8-10-15)21(26)22-20-18-12-11-17(13-19(18)23-24-20)27-16-5-3-4-6-16/h7-13,16H,3-6H2,1-2H3,(H2,22,23,24,26). The van der Waals surface area contributed by atoms with Gasteiger partial charge < -0.3 is 15.0 Å². The number of aromatic nitrogens is 2. The molecule has 1 amide bonds. The minimum Gasteiger partial charge on any atom is -0.490 e. The number of fused-ring (bicyclic) bond motifs is 1. The summed E-state index contributed by atoms with van der Waals surface area (Å²) >= 11 is 0. The lowest BCUT2D eigenvalue weighted by Gasteiger charge is -2.13. The van der Waals surface area contributed by atoms with Crippen molar-refractivity contribution in [2.24, 2.45) is 0 Å². The van der Waals surface area contributed by atoms with Gasteiger partial charge in [0.05, 0.1) is 11.6 Å². The summed E-state index contributed by atoms with van der Waals surface area (Å²) < 4.78 is 6.03. The molecule has 1 fully saturated rings. The summed E-state index contributed by atoms with van der Waals surface area (Å²) in [5.74, 6) is 1.19. The van der Waals surface area contributed by atoms with Gasteiger partial charge in [0.1, 0.15) is 5.75 Å². The smallest absolute Gasteiger partial charge is 0.256 e. The van der Waals surface area contributed by atoms with E-state index in [2.05, 4.69) is 15.5 Å². The average Bonchev–Trinajstić information content (AvgIpc) is 3.32. The van der Waals surface area contributed by atoms with E-state index in [0.717, 1.165) is 35.2 Å². The van der Waals surface area contributed by atoms with Crippen LogP contribution in [-0.2, 0) is 0 Å². The highest BCUT2D eigenvalue weighted by atomic mass is 16.5. The lowest BCUT2D eigenvalue weighted by Crippen LogP contribution is -2.13. The number of amides is 1. The monoisotopic (exact) mass is 364 g/mol. The zero-order valence-electron chi connectivity index (χ0n) is 15.7. The molecule has 27 heavy (non-hydrogen) atoms. The van der Waals surface area contributed by atoms with Gasteiger partial charge in [0.25, 0.3) is 5.91 Å². The van der Waals surface area contributed by atoms with Gasteiger partial charge in [-0.25, -0.2) is 0 Å². The number of benzene rings is 2. The normalized spacial score (nSPS) is 14.4. The van der Waals surface area contributed by atoms with Gasteiger partial charge in [-0.05, 0) is 62.1 Å². The number of hydrogen-bond donors (Lipinski definition) is 2. The van der Waals surface area contributed by atoms with Gasteiger partial charge in [0.2, 0.25) is 0 Å². The van der Waals surface area contributed by atoms with E-state index in [1.165, 1.54) is 12.8 Å². The highest BCUT2D eigenvalue weighted by Crippen LogP contribution is 2.28. The Morgan fingerprint density at radius 2 is 1.89 bits per heavy atom. The van der Waals surface area contributed by atoms with E-state index in [4.69, 9.17) is 4.74 Å². The van der Waals surface area contributed by atoms with Crippen LogP contribution in [0.5, 0.6) is 5.75 Å². The fraction of sp³-hybridized carbons (Fsp3) is 0.333. The minimum atomic E-state index is -0.181. The molecule has 0 aliphatic heterocycles. The van der Waals surface area contributed by atoms with Gasteiger partial charge in [-0.15, -0.1) is 0 Å². The molecule has 0 atom stereocenters. The van der Waals surface area contributed by atoms with E-state index in [9.17, 15) is 4.79 Å². The fourth-order valence-electron chi connectivity index (χ4n) is 3.46. The van der Waals surface area contributed by atoms with Crippen LogP contribution in [0.4, 0.5) is 11.5 Å². The van der Waals surface area contributed by atoms with Crippen LogP contribution in [0.3, 0.4) is 0 Å². The zero-order valence-corrected chi connectivity index (χ0v) is 15.7. The third-order valence-corrected chi connectivity index (χ3v) is 5.02. The average molecular weight is 364 g/mol. The maximum absolute atomic E-state index is 12.5. The largest absolute Gasteiger partial charge is 0.490 e. The zero-order chi connectivity index (χ0) is 18.8. The van der Waals surface area contributed by atoms with Crippen molar-refractivity contribution < 1.29 is 9.53 Å². The Bertz CT molecular complexity index is 940. The summed E-state index contributed by atoms with van der Waals surface area (Å²) in [6, 6.07) is 13.3. The first-order valence-corrected chi connectivity index (χ1v) is 9.34. The lowest BCUT2D eigenvalue weighted by molar-refractivity contribution is 0.102. The van der Waals surface area contributed by atoms with Gasteiger partial charge >= 0.3 is 0 Å². The summed E-state index contributed by atoms with van der Waals surface area (Å²) in [7, 11) is 3.94. The molecule has 0 radical (unpaired) electrons. The number of aromatic amines is 1. The number of carbonyl (C=O) groups excluding carboxylic acids is 1. The Hall–Kier alpha value is -3.02. The molecular weight excluding hydrogens is 340 g/mol. The number of anilines is 2. The molecule has 2 N–H and O–H groups in total. The molecule has 1 aliphatic rings. The van der Waals surface area contributed by atoms with Crippen molar-refractivity contribution in [2.75, 3.05) is 24.3 Å². The number of carbonyl (C=O) groups is 1. The Balaban J connectivity index is 1.49. The second-order valence-electron chi connectivity index (χ2n) is 7.20. The van der Waals surface area contributed by atoms with E-state index in [1.807, 2.05) is 61.5 Å². The molecule has 4 rings (SSSR count).